The molecule has 0 aliphatic carbocycles. The lowest BCUT2D eigenvalue weighted by Gasteiger charge is -2.28. The molecule has 2 aromatic carbocycles. The SMILES string of the molecule is CCN(C(=O)c1ccc(F)cc1-c1ncccn1)[C@@H](C)COc1ccc(C)cn1.CCN(C(=O)c1cccc(F)c1-c1ncccn1)[C@@H](C)COc1ccc(OC(C)(F)F)cn1. The maximum absolute atomic E-state index is 14.6. The summed E-state index contributed by atoms with van der Waals surface area (Å²) in [6.07, 6.45) is 5.60. The van der Waals surface area contributed by atoms with Gasteiger partial charge in [0.25, 0.3) is 11.8 Å². The summed E-state index contributed by atoms with van der Waals surface area (Å²) in [5, 5.41) is 0. The van der Waals surface area contributed by atoms with Crippen molar-refractivity contribution in [2.24, 2.45) is 0 Å². The van der Waals surface area contributed by atoms with Crippen molar-refractivity contribution in [2.45, 2.75) is 59.7 Å². The third-order valence-electron chi connectivity index (χ3n) is 9.15. The molecule has 0 bridgehead atoms. The van der Waals surface area contributed by atoms with Crippen LogP contribution in [0.1, 0.15) is 60.9 Å². The molecule has 17 heteroatoms. The maximum Gasteiger partial charge on any atom is 0.394 e. The highest BCUT2D eigenvalue weighted by Crippen LogP contribution is 2.27. The minimum atomic E-state index is -3.32. The van der Waals surface area contributed by atoms with Crippen LogP contribution in [0.4, 0.5) is 17.6 Å². The second-order valence-electron chi connectivity index (χ2n) is 13.9. The molecule has 62 heavy (non-hydrogen) atoms. The number of likely N-dealkylation sites (N-methyl/N-ethyl adjacent to an activating group) is 2. The largest absolute Gasteiger partial charge is 0.475 e. The number of aromatic nitrogens is 6. The molecule has 0 aliphatic heterocycles. The lowest BCUT2D eigenvalue weighted by Crippen LogP contribution is -2.42. The van der Waals surface area contributed by atoms with Crippen LogP contribution < -0.4 is 14.2 Å². The lowest BCUT2D eigenvalue weighted by atomic mass is 10.0. The van der Waals surface area contributed by atoms with Crippen LogP contribution in [0.3, 0.4) is 0 Å². The minimum absolute atomic E-state index is 0.0275. The topological polar surface area (TPSA) is 146 Å². The summed E-state index contributed by atoms with van der Waals surface area (Å²) >= 11 is 0. The van der Waals surface area contributed by atoms with E-state index in [-0.39, 0.29) is 53.7 Å². The Balaban J connectivity index is 0.000000236. The fraction of sp³-hybridized carbons (Fsp3) is 0.289. The monoisotopic (exact) mass is 854 g/mol. The summed E-state index contributed by atoms with van der Waals surface area (Å²) in [7, 11) is 0. The first-order valence-corrected chi connectivity index (χ1v) is 19.6. The first-order valence-electron chi connectivity index (χ1n) is 19.6. The number of benzene rings is 2. The van der Waals surface area contributed by atoms with Gasteiger partial charge < -0.3 is 24.0 Å². The van der Waals surface area contributed by atoms with Crippen LogP contribution in [0.2, 0.25) is 0 Å². The minimum Gasteiger partial charge on any atom is -0.475 e. The highest BCUT2D eigenvalue weighted by atomic mass is 19.3. The van der Waals surface area contributed by atoms with Crippen LogP contribution in [-0.2, 0) is 0 Å². The fourth-order valence-corrected chi connectivity index (χ4v) is 6.16. The summed E-state index contributed by atoms with van der Waals surface area (Å²) in [5.74, 6) is -0.685. The number of alkyl halides is 2. The van der Waals surface area contributed by atoms with Crippen molar-refractivity contribution >= 4 is 11.8 Å². The summed E-state index contributed by atoms with van der Waals surface area (Å²) in [6.45, 7) is 11.1. The van der Waals surface area contributed by atoms with Crippen molar-refractivity contribution < 1.29 is 41.4 Å². The van der Waals surface area contributed by atoms with Crippen molar-refractivity contribution in [1.82, 2.24) is 39.7 Å². The molecule has 0 saturated carbocycles. The number of hydrogen-bond acceptors (Lipinski definition) is 11. The predicted molar refractivity (Wildman–Crippen MR) is 223 cm³/mol. The third kappa shape index (κ3) is 12.5. The fourth-order valence-electron chi connectivity index (χ4n) is 6.16. The van der Waals surface area contributed by atoms with E-state index in [1.165, 1.54) is 65.8 Å². The van der Waals surface area contributed by atoms with E-state index in [4.69, 9.17) is 9.47 Å². The molecule has 0 fully saturated rings. The molecule has 0 saturated heterocycles. The average Bonchev–Trinajstić information content (AvgIpc) is 3.26. The molecule has 2 amide bonds. The van der Waals surface area contributed by atoms with Gasteiger partial charge in [0.15, 0.2) is 11.6 Å². The first kappa shape index (κ1) is 46.0. The van der Waals surface area contributed by atoms with Gasteiger partial charge in [-0.3, -0.25) is 9.59 Å². The molecular formula is C45H46F4N8O5. The van der Waals surface area contributed by atoms with Gasteiger partial charge in [-0.25, -0.2) is 38.7 Å². The zero-order valence-corrected chi connectivity index (χ0v) is 35.0. The molecule has 0 aliphatic rings. The van der Waals surface area contributed by atoms with Gasteiger partial charge in [0, 0.05) is 68.7 Å². The predicted octanol–water partition coefficient (Wildman–Crippen LogP) is 8.51. The molecule has 324 valence electrons. The third-order valence-corrected chi connectivity index (χ3v) is 9.15. The summed E-state index contributed by atoms with van der Waals surface area (Å²) in [5.41, 5.74) is 1.92. The molecule has 0 spiro atoms. The average molecular weight is 855 g/mol. The zero-order valence-electron chi connectivity index (χ0n) is 35.0. The Bertz CT molecular complexity index is 2380. The Morgan fingerprint density at radius 1 is 0.677 bits per heavy atom. The van der Waals surface area contributed by atoms with E-state index >= 15 is 0 Å². The number of halogens is 4. The lowest BCUT2D eigenvalue weighted by molar-refractivity contribution is -0.159. The van der Waals surface area contributed by atoms with Gasteiger partial charge in [-0.2, -0.15) is 8.78 Å². The first-order chi connectivity index (χ1) is 29.7. The maximum atomic E-state index is 14.6. The van der Waals surface area contributed by atoms with E-state index in [1.54, 1.807) is 55.5 Å². The van der Waals surface area contributed by atoms with Crippen LogP contribution in [0.25, 0.3) is 22.8 Å². The molecule has 0 N–H and O–H groups in total. The van der Waals surface area contributed by atoms with Crippen molar-refractivity contribution in [3.63, 3.8) is 0 Å². The van der Waals surface area contributed by atoms with E-state index in [9.17, 15) is 27.2 Å². The Hall–Kier alpha value is -7.04. The van der Waals surface area contributed by atoms with Gasteiger partial charge in [-0.1, -0.05) is 12.1 Å². The van der Waals surface area contributed by atoms with Gasteiger partial charge in [0.05, 0.1) is 35.0 Å². The van der Waals surface area contributed by atoms with Gasteiger partial charge in [-0.15, -0.1) is 0 Å². The Morgan fingerprint density at radius 2 is 1.23 bits per heavy atom. The number of rotatable bonds is 16. The Morgan fingerprint density at radius 3 is 1.74 bits per heavy atom. The quantitative estimate of drug-likeness (QED) is 0.0864. The van der Waals surface area contributed by atoms with Crippen LogP contribution in [-0.4, -0.2) is 96.0 Å². The van der Waals surface area contributed by atoms with Crippen molar-refractivity contribution in [2.75, 3.05) is 26.3 Å². The molecule has 4 heterocycles. The number of nitrogens with zero attached hydrogens (tertiary/aromatic N) is 8. The van der Waals surface area contributed by atoms with Crippen molar-refractivity contribution in [1.29, 1.82) is 0 Å². The van der Waals surface area contributed by atoms with Crippen LogP contribution in [0, 0.1) is 18.6 Å². The van der Waals surface area contributed by atoms with Gasteiger partial charge in [0.1, 0.15) is 30.6 Å². The van der Waals surface area contributed by atoms with E-state index < -0.39 is 29.7 Å². The molecule has 0 radical (unpaired) electrons. The summed E-state index contributed by atoms with van der Waals surface area (Å²) in [4.78, 5) is 54.4. The second-order valence-corrected chi connectivity index (χ2v) is 13.9. The smallest absolute Gasteiger partial charge is 0.394 e. The number of aryl methyl sites for hydroxylation is 1. The molecule has 2 atom stereocenters. The normalized spacial score (nSPS) is 12.0. The highest BCUT2D eigenvalue weighted by molar-refractivity contribution is 6.01. The molecule has 13 nitrogen and oxygen atoms in total. The van der Waals surface area contributed by atoms with Crippen molar-refractivity contribution in [3.05, 3.63) is 138 Å². The summed E-state index contributed by atoms with van der Waals surface area (Å²) in [6, 6.07) is 17.3. The van der Waals surface area contributed by atoms with Gasteiger partial charge in [-0.05, 0) is 88.7 Å². The van der Waals surface area contributed by atoms with E-state index in [0.717, 1.165) is 11.8 Å². The molecule has 0 unspecified atom stereocenters. The van der Waals surface area contributed by atoms with Gasteiger partial charge >= 0.3 is 6.11 Å². The van der Waals surface area contributed by atoms with Crippen LogP contribution >= 0.6 is 0 Å². The molecule has 6 aromatic rings. The summed E-state index contributed by atoms with van der Waals surface area (Å²) < 4.78 is 70.1. The highest BCUT2D eigenvalue weighted by Gasteiger charge is 2.27. The Kier molecular flexibility index (Phi) is 15.9. The van der Waals surface area contributed by atoms with Gasteiger partial charge in [0.2, 0.25) is 11.8 Å². The number of hydrogen-bond donors (Lipinski definition) is 0. The number of pyridine rings is 2. The molecular weight excluding hydrogens is 809 g/mol. The van der Waals surface area contributed by atoms with E-state index in [1.807, 2.05) is 26.8 Å². The molecule has 6 rings (SSSR count). The number of carbonyl (C=O) groups is 2. The second kappa shape index (κ2) is 21.5. The molecule has 4 aromatic heterocycles. The van der Waals surface area contributed by atoms with Crippen LogP contribution in [0.5, 0.6) is 17.5 Å². The number of amides is 2. The Labute approximate surface area is 356 Å². The zero-order chi connectivity index (χ0) is 44.8. The standard InChI is InChI=1S/C23H23F3N4O3.C22H23FN4O2/c1-4-30(15(2)14-32-19-10-9-16(13-29-19)33-23(3,25)26)22(31)17-7-5-8-18(24)20(17)21-27-11-6-12-28-21;1-4-27(16(3)14-29-20-9-6-15(2)13-26-20)22(28)18-8-7-17(23)12-19(18)21-24-10-5-11-25-21/h5-13,15H,4,14H2,1-3H3;5-13,16H,4,14H2,1-3H3/t15-;16-/m00/s1. The van der Waals surface area contributed by atoms with E-state index in [2.05, 4.69) is 34.6 Å². The number of ether oxygens (including phenoxy) is 3. The van der Waals surface area contributed by atoms with Crippen molar-refractivity contribution in [3.8, 4) is 40.3 Å². The van der Waals surface area contributed by atoms with Crippen LogP contribution in [0.15, 0.2) is 110 Å². The van der Waals surface area contributed by atoms with E-state index in [0.29, 0.717) is 42.8 Å². The number of carbonyl (C=O) groups excluding carboxylic acids is 2.